The molecule has 3 N–H and O–H groups in total. The van der Waals surface area contributed by atoms with Crippen LogP contribution in [0.1, 0.15) is 5.56 Å². The van der Waals surface area contributed by atoms with Gasteiger partial charge in [-0.2, -0.15) is 0 Å². The fourth-order valence-corrected chi connectivity index (χ4v) is 0.849. The summed E-state index contributed by atoms with van der Waals surface area (Å²) < 4.78 is 0. The molecule has 11 heavy (non-hydrogen) atoms. The van der Waals surface area contributed by atoms with Gasteiger partial charge in [0.15, 0.2) is 5.75 Å². The van der Waals surface area contributed by atoms with Gasteiger partial charge in [0.2, 0.25) is 0 Å². The number of nitrogens with two attached hydrogens (primary N) is 1. The van der Waals surface area contributed by atoms with E-state index in [0.717, 1.165) is 0 Å². The van der Waals surface area contributed by atoms with Crippen LogP contribution in [0.2, 0.25) is 5.02 Å². The van der Waals surface area contributed by atoms with Crippen molar-refractivity contribution in [3.63, 3.8) is 0 Å². The van der Waals surface area contributed by atoms with Gasteiger partial charge >= 0.3 is 0 Å². The van der Waals surface area contributed by atoms with Gasteiger partial charge in [-0.1, -0.05) is 11.6 Å². The van der Waals surface area contributed by atoms with E-state index in [9.17, 15) is 5.11 Å². The molecule has 0 aliphatic rings. The molecular formula is C7H6ClN2O. The molecule has 0 bridgehead atoms. The highest BCUT2D eigenvalue weighted by atomic mass is 35.5. The van der Waals surface area contributed by atoms with Crippen LogP contribution in [0.3, 0.4) is 0 Å². The molecule has 0 unspecified atom stereocenters. The summed E-state index contributed by atoms with van der Waals surface area (Å²) in [4.78, 5) is 0. The van der Waals surface area contributed by atoms with Gasteiger partial charge in [-0.25, -0.2) is 0 Å². The average molecular weight is 170 g/mol. The SMILES string of the molecule is N=C(N)c1ccc([O])c(Cl)c1. The summed E-state index contributed by atoms with van der Waals surface area (Å²) in [5.74, 6) is -0.344. The van der Waals surface area contributed by atoms with Crippen molar-refractivity contribution in [2.45, 2.75) is 0 Å². The van der Waals surface area contributed by atoms with Crippen LogP contribution in [-0.2, 0) is 5.11 Å². The predicted octanol–water partition coefficient (Wildman–Crippen LogP) is 1.77. The van der Waals surface area contributed by atoms with E-state index in [1.165, 1.54) is 18.2 Å². The van der Waals surface area contributed by atoms with Crippen molar-refractivity contribution >= 4 is 17.4 Å². The molecular weight excluding hydrogens is 164 g/mol. The Hall–Kier alpha value is -1.22. The Morgan fingerprint density at radius 2 is 2.18 bits per heavy atom. The van der Waals surface area contributed by atoms with E-state index in [1.807, 2.05) is 0 Å². The Morgan fingerprint density at radius 1 is 1.55 bits per heavy atom. The molecule has 0 heterocycles. The van der Waals surface area contributed by atoms with E-state index in [0.29, 0.717) is 5.56 Å². The van der Waals surface area contributed by atoms with Gasteiger partial charge in [0, 0.05) is 5.56 Å². The van der Waals surface area contributed by atoms with Crippen LogP contribution in [0, 0.1) is 5.41 Å². The number of nitrogens with one attached hydrogen (secondary N) is 1. The van der Waals surface area contributed by atoms with Gasteiger partial charge in [-0.15, -0.1) is 0 Å². The average Bonchev–Trinajstić information content (AvgIpc) is 1.94. The lowest BCUT2D eigenvalue weighted by Crippen LogP contribution is -2.10. The van der Waals surface area contributed by atoms with Crippen molar-refractivity contribution < 1.29 is 5.11 Å². The van der Waals surface area contributed by atoms with Gasteiger partial charge in [0.25, 0.3) is 0 Å². The minimum Gasteiger partial charge on any atom is -0.384 e. The van der Waals surface area contributed by atoms with Gasteiger partial charge in [0.05, 0.1) is 5.02 Å². The third-order valence-electron chi connectivity index (χ3n) is 1.24. The minimum absolute atomic E-state index is 0.0908. The molecule has 0 fully saturated rings. The van der Waals surface area contributed by atoms with Crippen molar-refractivity contribution in [3.05, 3.63) is 28.8 Å². The molecule has 1 aromatic carbocycles. The number of hydrogen-bond acceptors (Lipinski definition) is 1. The maximum Gasteiger partial charge on any atom is 0.197 e. The smallest absolute Gasteiger partial charge is 0.197 e. The maximum atomic E-state index is 10.8. The number of nitrogen functional groups attached to an aromatic ring is 1. The molecule has 1 rings (SSSR count). The highest BCUT2D eigenvalue weighted by Crippen LogP contribution is 2.23. The zero-order valence-electron chi connectivity index (χ0n) is 5.60. The summed E-state index contributed by atoms with van der Waals surface area (Å²) in [6, 6.07) is 4.14. The monoisotopic (exact) mass is 169 g/mol. The van der Waals surface area contributed by atoms with E-state index < -0.39 is 0 Å². The van der Waals surface area contributed by atoms with Crippen LogP contribution in [0.4, 0.5) is 0 Å². The van der Waals surface area contributed by atoms with Crippen molar-refractivity contribution in [1.29, 1.82) is 5.41 Å². The summed E-state index contributed by atoms with van der Waals surface area (Å²) in [7, 11) is 0. The minimum atomic E-state index is -0.253. The lowest BCUT2D eigenvalue weighted by molar-refractivity contribution is 0.355. The zero-order chi connectivity index (χ0) is 8.43. The Bertz CT molecular complexity index is 298. The van der Waals surface area contributed by atoms with E-state index >= 15 is 0 Å². The first-order valence-electron chi connectivity index (χ1n) is 2.92. The normalized spacial score (nSPS) is 9.55. The number of amidine groups is 1. The van der Waals surface area contributed by atoms with Gasteiger partial charge in [-0.3, -0.25) is 10.5 Å². The third-order valence-corrected chi connectivity index (χ3v) is 1.54. The van der Waals surface area contributed by atoms with Gasteiger partial charge in [-0.05, 0) is 18.2 Å². The Labute approximate surface area is 68.9 Å². The Balaban J connectivity index is 3.15. The van der Waals surface area contributed by atoms with Crippen LogP contribution in [0.25, 0.3) is 0 Å². The zero-order valence-corrected chi connectivity index (χ0v) is 6.35. The van der Waals surface area contributed by atoms with E-state index in [-0.39, 0.29) is 16.6 Å². The summed E-state index contributed by atoms with van der Waals surface area (Å²) in [5, 5.41) is 17.9. The summed E-state index contributed by atoms with van der Waals surface area (Å²) in [6.45, 7) is 0. The topological polar surface area (TPSA) is 69.8 Å². The highest BCUT2D eigenvalue weighted by molar-refractivity contribution is 6.32. The van der Waals surface area contributed by atoms with Crippen LogP contribution < -0.4 is 5.73 Å². The van der Waals surface area contributed by atoms with Crippen LogP contribution >= 0.6 is 11.6 Å². The third kappa shape index (κ3) is 1.62. The molecule has 0 aliphatic heterocycles. The highest BCUT2D eigenvalue weighted by Gasteiger charge is 2.02. The first-order chi connectivity index (χ1) is 5.11. The second kappa shape index (κ2) is 2.80. The maximum absolute atomic E-state index is 10.8. The molecule has 3 nitrogen and oxygen atoms in total. The molecule has 0 saturated carbocycles. The van der Waals surface area contributed by atoms with Crippen molar-refractivity contribution in [2.24, 2.45) is 5.73 Å². The Kier molecular flexibility index (Phi) is 2.01. The molecule has 4 heteroatoms. The molecule has 57 valence electrons. The van der Waals surface area contributed by atoms with Crippen LogP contribution in [-0.4, -0.2) is 5.84 Å². The molecule has 0 spiro atoms. The lowest BCUT2D eigenvalue weighted by Gasteiger charge is -1.97. The second-order valence-corrected chi connectivity index (χ2v) is 2.47. The summed E-state index contributed by atoms with van der Waals surface area (Å²) in [5.41, 5.74) is 5.62. The van der Waals surface area contributed by atoms with E-state index in [2.05, 4.69) is 0 Å². The van der Waals surface area contributed by atoms with Crippen LogP contribution in [0.5, 0.6) is 5.75 Å². The predicted molar refractivity (Wildman–Crippen MR) is 42.6 cm³/mol. The summed E-state index contributed by atoms with van der Waals surface area (Å²) >= 11 is 5.49. The molecule has 0 aliphatic carbocycles. The number of halogens is 1. The summed E-state index contributed by atoms with van der Waals surface area (Å²) in [6.07, 6.45) is 0. The quantitative estimate of drug-likeness (QED) is 0.488. The number of rotatable bonds is 1. The fourth-order valence-electron chi connectivity index (χ4n) is 0.668. The molecule has 1 aromatic rings. The first kappa shape index (κ1) is 7.88. The lowest BCUT2D eigenvalue weighted by atomic mass is 10.2. The van der Waals surface area contributed by atoms with Gasteiger partial charge in [0.1, 0.15) is 5.84 Å². The molecule has 0 atom stereocenters. The molecule has 0 amide bonds. The number of hydrogen-bond donors (Lipinski definition) is 2. The van der Waals surface area contributed by atoms with Crippen molar-refractivity contribution in [2.75, 3.05) is 0 Å². The van der Waals surface area contributed by atoms with E-state index in [4.69, 9.17) is 22.7 Å². The standard InChI is InChI=1S/C7H6ClN2O/c8-5-3-4(7(9)10)1-2-6(5)11/h1-3H,(H3,9,10). The molecule has 0 saturated heterocycles. The molecule has 0 aromatic heterocycles. The van der Waals surface area contributed by atoms with Crippen molar-refractivity contribution in [1.82, 2.24) is 0 Å². The largest absolute Gasteiger partial charge is 0.384 e. The van der Waals surface area contributed by atoms with Gasteiger partial charge < -0.3 is 5.73 Å². The second-order valence-electron chi connectivity index (χ2n) is 2.06. The van der Waals surface area contributed by atoms with E-state index in [1.54, 1.807) is 0 Å². The number of benzene rings is 1. The molecule has 1 radical (unpaired) electrons. The fraction of sp³-hybridized carbons (Fsp3) is 0. The van der Waals surface area contributed by atoms with Crippen LogP contribution in [0.15, 0.2) is 18.2 Å². The first-order valence-corrected chi connectivity index (χ1v) is 3.30. The van der Waals surface area contributed by atoms with Crippen molar-refractivity contribution in [3.8, 4) is 5.75 Å². The Morgan fingerprint density at radius 3 is 2.64 bits per heavy atom.